The maximum Gasteiger partial charge on any atom is 0.225 e. The van der Waals surface area contributed by atoms with Crippen LogP contribution in [0.2, 0.25) is 0 Å². The zero-order valence-corrected chi connectivity index (χ0v) is 22.7. The van der Waals surface area contributed by atoms with E-state index in [9.17, 15) is 9.59 Å². The number of ketones is 1. The van der Waals surface area contributed by atoms with Gasteiger partial charge >= 0.3 is 0 Å². The first-order valence-electron chi connectivity index (χ1n) is 12.1. The summed E-state index contributed by atoms with van der Waals surface area (Å²) in [5.74, 6) is 2.92. The van der Waals surface area contributed by atoms with Gasteiger partial charge in [0.2, 0.25) is 5.91 Å². The number of carbonyl (C=O) groups is 2. The Balaban J connectivity index is 0.00000225. The van der Waals surface area contributed by atoms with Crippen molar-refractivity contribution in [2.24, 2.45) is 23.7 Å². The smallest absolute Gasteiger partial charge is 0.225 e. The summed E-state index contributed by atoms with van der Waals surface area (Å²) in [4.78, 5) is 29.8. The van der Waals surface area contributed by atoms with E-state index in [1.165, 1.54) is 51.7 Å². The Hall–Kier alpha value is 0.204. The largest absolute Gasteiger partial charge is 0.358 e. The first kappa shape index (κ1) is 28.2. The molecule has 2 aliphatic heterocycles. The van der Waals surface area contributed by atoms with Gasteiger partial charge in [-0.05, 0) is 95.7 Å². The fourth-order valence-corrected chi connectivity index (χ4v) is 5.46. The van der Waals surface area contributed by atoms with Crippen LogP contribution in [0.5, 0.6) is 0 Å². The molecule has 4 nitrogen and oxygen atoms in total. The van der Waals surface area contributed by atoms with Gasteiger partial charge in [-0.1, -0.05) is 13.8 Å². The summed E-state index contributed by atoms with van der Waals surface area (Å²) in [6.07, 6.45) is 11.8. The molecule has 5 heteroatoms. The Labute approximate surface area is 211 Å². The van der Waals surface area contributed by atoms with Crippen LogP contribution in [0, 0.1) is 31.1 Å². The van der Waals surface area contributed by atoms with Crippen molar-refractivity contribution in [2.45, 2.75) is 84.5 Å². The predicted octanol–water partition coefficient (Wildman–Crippen LogP) is 4.97. The third kappa shape index (κ3) is 8.28. The molecule has 1 saturated carbocycles. The zero-order chi connectivity index (χ0) is 19.9. The summed E-state index contributed by atoms with van der Waals surface area (Å²) >= 11 is 0. The molecule has 3 aliphatic rings. The maximum absolute atomic E-state index is 12.9. The topological polar surface area (TPSA) is 40.6 Å². The number of hydrogen-bond donors (Lipinski definition) is 0. The van der Waals surface area contributed by atoms with Gasteiger partial charge in [0.1, 0.15) is 5.78 Å². The van der Waals surface area contributed by atoms with E-state index in [-0.39, 0.29) is 52.0 Å². The van der Waals surface area contributed by atoms with Gasteiger partial charge in [0.25, 0.3) is 0 Å². The molecule has 1 aliphatic carbocycles. The summed E-state index contributed by atoms with van der Waals surface area (Å²) in [5, 5.41) is 0. The normalized spacial score (nSPS) is 26.5. The van der Waals surface area contributed by atoms with Crippen molar-refractivity contribution >= 4 is 11.7 Å². The second-order valence-corrected chi connectivity index (χ2v) is 9.85. The predicted molar refractivity (Wildman–Crippen MR) is 121 cm³/mol. The molecular weight excluding hydrogens is 449 g/mol. The number of amides is 1. The molecule has 2 saturated heterocycles. The van der Waals surface area contributed by atoms with Crippen molar-refractivity contribution in [3.63, 3.8) is 0 Å². The van der Waals surface area contributed by atoms with Crippen LogP contribution in [-0.4, -0.2) is 54.2 Å². The van der Waals surface area contributed by atoms with Gasteiger partial charge in [-0.25, -0.2) is 0 Å². The molecule has 0 aromatic carbocycles. The van der Waals surface area contributed by atoms with E-state index in [2.05, 4.69) is 23.6 Å². The number of likely N-dealkylation sites (tertiary alicyclic amines) is 2. The zero-order valence-electron chi connectivity index (χ0n) is 19.9. The van der Waals surface area contributed by atoms with E-state index in [4.69, 9.17) is 0 Å². The van der Waals surface area contributed by atoms with Gasteiger partial charge < -0.3 is 17.2 Å². The van der Waals surface area contributed by atoms with Crippen molar-refractivity contribution in [1.29, 1.82) is 0 Å². The minimum absolute atomic E-state index is 0. The van der Waals surface area contributed by atoms with Crippen molar-refractivity contribution in [1.82, 2.24) is 9.80 Å². The fraction of sp³-hybridized carbons (Fsp3) is 0.880. The standard InChI is InChI=1S/C24H42N2O2.CH3.Y/c1-3-4-23(27)21-5-7-22(8-6-21)24(28)26-17-12-20(13-18-26)11-16-25-14-9-19(2)10-15-25;;/h19-22H,3-18H2,1-2H3;1H3;/q;-1;. The van der Waals surface area contributed by atoms with Crippen LogP contribution >= 0.6 is 0 Å². The SMILES string of the molecule is CCCC(=O)C1CCC(C(=O)N2CCC(CCN3CCC(C)CC3)CC2)CC1.[CH3-].[Y]. The molecule has 3 fully saturated rings. The molecule has 0 N–H and O–H groups in total. The summed E-state index contributed by atoms with van der Waals surface area (Å²) in [6.45, 7) is 10.2. The number of Topliss-reactive ketones (excluding diaryl/α,β-unsaturated/α-hetero) is 1. The van der Waals surface area contributed by atoms with Gasteiger partial charge in [0.05, 0.1) is 0 Å². The number of nitrogens with zero attached hydrogens (tertiary/aromatic N) is 2. The van der Waals surface area contributed by atoms with Crippen LogP contribution in [0.25, 0.3) is 0 Å². The second kappa shape index (κ2) is 14.4. The second-order valence-electron chi connectivity index (χ2n) is 9.85. The molecule has 0 aromatic rings. The summed E-state index contributed by atoms with van der Waals surface area (Å²) < 4.78 is 0. The van der Waals surface area contributed by atoms with Crippen LogP contribution in [0.4, 0.5) is 0 Å². The van der Waals surface area contributed by atoms with E-state index >= 15 is 0 Å². The minimum atomic E-state index is 0. The van der Waals surface area contributed by atoms with Crippen LogP contribution in [0.1, 0.15) is 84.5 Å². The molecule has 1 amide bonds. The Morgan fingerprint density at radius 1 is 0.833 bits per heavy atom. The summed E-state index contributed by atoms with van der Waals surface area (Å²) in [6, 6.07) is 0. The van der Waals surface area contributed by atoms with Crippen molar-refractivity contribution in [3.8, 4) is 0 Å². The van der Waals surface area contributed by atoms with Gasteiger partial charge in [-0.3, -0.25) is 9.59 Å². The third-order valence-electron chi connectivity index (χ3n) is 7.68. The maximum atomic E-state index is 12.9. The van der Waals surface area contributed by atoms with Crippen molar-refractivity contribution < 1.29 is 42.3 Å². The Morgan fingerprint density at radius 2 is 1.40 bits per heavy atom. The van der Waals surface area contributed by atoms with Crippen LogP contribution < -0.4 is 0 Å². The number of rotatable bonds is 7. The molecule has 2 heterocycles. The van der Waals surface area contributed by atoms with E-state index in [0.717, 1.165) is 57.0 Å². The Morgan fingerprint density at radius 3 is 1.97 bits per heavy atom. The molecular formula is C25H45N2O2Y-. The van der Waals surface area contributed by atoms with E-state index < -0.39 is 0 Å². The van der Waals surface area contributed by atoms with Crippen LogP contribution in [0.3, 0.4) is 0 Å². The first-order valence-corrected chi connectivity index (χ1v) is 12.1. The van der Waals surface area contributed by atoms with Gasteiger partial charge in [-0.2, -0.15) is 0 Å². The number of piperidine rings is 2. The first-order chi connectivity index (χ1) is 13.6. The average molecular weight is 495 g/mol. The summed E-state index contributed by atoms with van der Waals surface area (Å²) in [7, 11) is 0. The molecule has 30 heavy (non-hydrogen) atoms. The molecule has 1 radical (unpaired) electrons. The van der Waals surface area contributed by atoms with Gasteiger partial charge in [0, 0.05) is 64.1 Å². The van der Waals surface area contributed by atoms with Crippen molar-refractivity contribution in [3.05, 3.63) is 7.43 Å². The van der Waals surface area contributed by atoms with E-state index in [1.807, 2.05) is 0 Å². The van der Waals surface area contributed by atoms with Crippen LogP contribution in [-0.2, 0) is 42.3 Å². The minimum Gasteiger partial charge on any atom is -0.358 e. The van der Waals surface area contributed by atoms with Crippen molar-refractivity contribution in [2.75, 3.05) is 32.7 Å². The van der Waals surface area contributed by atoms with E-state index in [0.29, 0.717) is 18.1 Å². The molecule has 171 valence electrons. The van der Waals surface area contributed by atoms with Crippen LogP contribution in [0.15, 0.2) is 0 Å². The monoisotopic (exact) mass is 494 g/mol. The summed E-state index contributed by atoms with van der Waals surface area (Å²) in [5.41, 5.74) is 0. The van der Waals surface area contributed by atoms with E-state index in [1.54, 1.807) is 0 Å². The molecule has 3 rings (SSSR count). The molecule has 0 unspecified atom stereocenters. The molecule has 0 spiro atoms. The Kier molecular flexibility index (Phi) is 13.5. The Bertz CT molecular complexity index is 503. The third-order valence-corrected chi connectivity index (χ3v) is 7.68. The molecule has 0 aromatic heterocycles. The van der Waals surface area contributed by atoms with Gasteiger partial charge in [-0.15, -0.1) is 0 Å². The quantitative estimate of drug-likeness (QED) is 0.470. The molecule has 0 atom stereocenters. The molecule has 0 bridgehead atoms. The van der Waals surface area contributed by atoms with Gasteiger partial charge in [0.15, 0.2) is 0 Å². The fourth-order valence-electron chi connectivity index (χ4n) is 5.46. The number of hydrogen-bond acceptors (Lipinski definition) is 3. The average Bonchev–Trinajstić information content (AvgIpc) is 2.73. The number of carbonyl (C=O) groups excluding carboxylic acids is 2.